The predicted molar refractivity (Wildman–Crippen MR) is 115 cm³/mol. The Kier molecular flexibility index (Phi) is 10.1. The molecule has 0 amide bonds. The fraction of sp³-hybridized carbons (Fsp3) is 0.765. The van der Waals surface area contributed by atoms with E-state index in [0.717, 1.165) is 30.5 Å². The molecule has 1 saturated heterocycles. The molecule has 1 fully saturated rings. The summed E-state index contributed by atoms with van der Waals surface area (Å²) in [6.07, 6.45) is 3.38. The molecule has 0 aliphatic carbocycles. The van der Waals surface area contributed by atoms with Crippen molar-refractivity contribution in [2.24, 2.45) is 10.9 Å². The number of aromatic nitrogens is 1. The van der Waals surface area contributed by atoms with Gasteiger partial charge >= 0.3 is 0 Å². The Morgan fingerprint density at radius 3 is 2.67 bits per heavy atom. The molecule has 1 aromatic heterocycles. The summed E-state index contributed by atoms with van der Waals surface area (Å²) in [5, 5.41) is 10.3. The summed E-state index contributed by atoms with van der Waals surface area (Å²) in [6.45, 7) is 11.0. The first-order chi connectivity index (χ1) is 11.1. The van der Waals surface area contributed by atoms with Gasteiger partial charge in [-0.2, -0.15) is 0 Å². The van der Waals surface area contributed by atoms with Crippen molar-refractivity contribution in [3.8, 4) is 0 Å². The molecule has 0 aromatic carbocycles. The van der Waals surface area contributed by atoms with Crippen molar-refractivity contribution >= 4 is 41.3 Å². The SMILES string of the molecule is CCc1nc(CNC(=NC)NC2CCN(CC(C)C)CC2)cs1.I. The summed E-state index contributed by atoms with van der Waals surface area (Å²) >= 11 is 1.73. The number of halogens is 1. The topological polar surface area (TPSA) is 52.6 Å². The van der Waals surface area contributed by atoms with E-state index in [2.05, 4.69) is 51.7 Å². The number of hydrogen-bond acceptors (Lipinski definition) is 4. The van der Waals surface area contributed by atoms with Gasteiger partial charge in [-0.15, -0.1) is 35.3 Å². The van der Waals surface area contributed by atoms with Crippen molar-refractivity contribution in [2.75, 3.05) is 26.7 Å². The molecule has 138 valence electrons. The van der Waals surface area contributed by atoms with Gasteiger partial charge in [-0.3, -0.25) is 4.99 Å². The van der Waals surface area contributed by atoms with Gasteiger partial charge in [0.2, 0.25) is 0 Å². The van der Waals surface area contributed by atoms with Gasteiger partial charge in [-0.05, 0) is 25.2 Å². The van der Waals surface area contributed by atoms with Crippen molar-refractivity contribution in [1.82, 2.24) is 20.5 Å². The molecule has 0 radical (unpaired) electrons. The van der Waals surface area contributed by atoms with Crippen molar-refractivity contribution in [3.63, 3.8) is 0 Å². The molecule has 0 atom stereocenters. The molecule has 5 nitrogen and oxygen atoms in total. The molecule has 7 heteroatoms. The Balaban J connectivity index is 0.00000288. The number of nitrogens with zero attached hydrogens (tertiary/aromatic N) is 3. The zero-order valence-corrected chi connectivity index (χ0v) is 18.5. The first-order valence-electron chi connectivity index (χ1n) is 8.73. The smallest absolute Gasteiger partial charge is 0.191 e. The van der Waals surface area contributed by atoms with Crippen LogP contribution in [0.5, 0.6) is 0 Å². The molecular formula is C17H32IN5S. The third kappa shape index (κ3) is 7.23. The predicted octanol–water partition coefficient (Wildman–Crippen LogP) is 3.11. The fourth-order valence-corrected chi connectivity index (χ4v) is 3.68. The molecule has 0 unspecified atom stereocenters. The highest BCUT2D eigenvalue weighted by Crippen LogP contribution is 2.12. The van der Waals surface area contributed by atoms with E-state index in [0.29, 0.717) is 6.04 Å². The van der Waals surface area contributed by atoms with Crippen LogP contribution < -0.4 is 10.6 Å². The van der Waals surface area contributed by atoms with Crippen LogP contribution in [0.2, 0.25) is 0 Å². The summed E-state index contributed by atoms with van der Waals surface area (Å²) in [6, 6.07) is 0.520. The highest BCUT2D eigenvalue weighted by atomic mass is 127. The maximum Gasteiger partial charge on any atom is 0.191 e. The number of nitrogens with one attached hydrogen (secondary N) is 2. The van der Waals surface area contributed by atoms with Crippen LogP contribution in [0.4, 0.5) is 0 Å². The molecular weight excluding hydrogens is 433 g/mol. The zero-order valence-electron chi connectivity index (χ0n) is 15.3. The van der Waals surface area contributed by atoms with Gasteiger partial charge < -0.3 is 15.5 Å². The monoisotopic (exact) mass is 465 g/mol. The summed E-state index contributed by atoms with van der Waals surface area (Å²) in [4.78, 5) is 11.5. The minimum Gasteiger partial charge on any atom is -0.354 e. The Labute approximate surface area is 167 Å². The Morgan fingerprint density at radius 2 is 2.12 bits per heavy atom. The van der Waals surface area contributed by atoms with Crippen molar-refractivity contribution in [2.45, 2.75) is 52.6 Å². The zero-order chi connectivity index (χ0) is 16.7. The Morgan fingerprint density at radius 1 is 1.42 bits per heavy atom. The second-order valence-electron chi connectivity index (χ2n) is 6.62. The van der Waals surface area contributed by atoms with Crippen LogP contribution in [-0.2, 0) is 13.0 Å². The van der Waals surface area contributed by atoms with Crippen LogP contribution in [0.1, 0.15) is 44.3 Å². The highest BCUT2D eigenvalue weighted by Gasteiger charge is 2.20. The highest BCUT2D eigenvalue weighted by molar-refractivity contribution is 14.0. The van der Waals surface area contributed by atoms with E-state index in [4.69, 9.17) is 0 Å². The number of likely N-dealkylation sites (tertiary alicyclic amines) is 1. The third-order valence-corrected chi connectivity index (χ3v) is 5.16. The lowest BCUT2D eigenvalue weighted by molar-refractivity contribution is 0.187. The first-order valence-corrected chi connectivity index (χ1v) is 9.61. The van der Waals surface area contributed by atoms with Crippen LogP contribution in [0.3, 0.4) is 0 Å². The van der Waals surface area contributed by atoms with Crippen LogP contribution in [0.25, 0.3) is 0 Å². The number of aliphatic imine (C=N–C) groups is 1. The van der Waals surface area contributed by atoms with Gasteiger partial charge in [0.1, 0.15) is 0 Å². The molecule has 1 aliphatic rings. The van der Waals surface area contributed by atoms with E-state index in [1.807, 2.05) is 7.05 Å². The molecule has 1 aliphatic heterocycles. The van der Waals surface area contributed by atoms with Gasteiger partial charge in [0.15, 0.2) is 5.96 Å². The number of guanidine groups is 1. The standard InChI is InChI=1S/C17H31N5S.HI/c1-5-16-20-15(12-23-16)10-19-17(18-4)21-14-6-8-22(9-7-14)11-13(2)3;/h12-14H,5-11H2,1-4H3,(H2,18,19,21);1H. The summed E-state index contributed by atoms with van der Waals surface area (Å²) < 4.78 is 0. The molecule has 2 rings (SSSR count). The number of thiazole rings is 1. The van der Waals surface area contributed by atoms with Gasteiger partial charge in [0.25, 0.3) is 0 Å². The lowest BCUT2D eigenvalue weighted by Gasteiger charge is -2.33. The van der Waals surface area contributed by atoms with Crippen molar-refractivity contribution in [3.05, 3.63) is 16.1 Å². The first kappa shape index (κ1) is 21.6. The quantitative estimate of drug-likeness (QED) is 0.385. The summed E-state index contributed by atoms with van der Waals surface area (Å²) in [5.41, 5.74) is 1.10. The van der Waals surface area contributed by atoms with Crippen LogP contribution in [0.15, 0.2) is 10.4 Å². The Hall–Kier alpha value is -0.410. The average Bonchev–Trinajstić information content (AvgIpc) is 3.00. The summed E-state index contributed by atoms with van der Waals surface area (Å²) in [7, 11) is 1.84. The Bertz CT molecular complexity index is 495. The van der Waals surface area contributed by atoms with E-state index < -0.39 is 0 Å². The number of aryl methyl sites for hydroxylation is 1. The molecule has 0 saturated carbocycles. The average molecular weight is 465 g/mol. The second kappa shape index (κ2) is 11.3. The number of rotatable bonds is 6. The van der Waals surface area contributed by atoms with E-state index in [1.54, 1.807) is 11.3 Å². The molecule has 24 heavy (non-hydrogen) atoms. The van der Waals surface area contributed by atoms with E-state index in [9.17, 15) is 0 Å². The fourth-order valence-electron chi connectivity index (χ4n) is 2.93. The van der Waals surface area contributed by atoms with E-state index in [-0.39, 0.29) is 24.0 Å². The molecule has 1 aromatic rings. The lowest BCUT2D eigenvalue weighted by Crippen LogP contribution is -2.49. The maximum atomic E-state index is 4.59. The molecule has 2 N–H and O–H groups in total. The molecule has 2 heterocycles. The summed E-state index contributed by atoms with van der Waals surface area (Å²) in [5.74, 6) is 1.64. The normalized spacial score (nSPS) is 17.0. The minimum absolute atomic E-state index is 0. The van der Waals surface area contributed by atoms with Gasteiger partial charge in [0.05, 0.1) is 17.2 Å². The maximum absolute atomic E-state index is 4.59. The number of hydrogen-bond donors (Lipinski definition) is 2. The number of piperidine rings is 1. The van der Waals surface area contributed by atoms with Crippen LogP contribution >= 0.6 is 35.3 Å². The lowest BCUT2D eigenvalue weighted by atomic mass is 10.0. The second-order valence-corrected chi connectivity index (χ2v) is 7.57. The van der Waals surface area contributed by atoms with Gasteiger partial charge in [-0.1, -0.05) is 20.8 Å². The van der Waals surface area contributed by atoms with E-state index >= 15 is 0 Å². The van der Waals surface area contributed by atoms with E-state index in [1.165, 1.54) is 37.5 Å². The van der Waals surface area contributed by atoms with Crippen molar-refractivity contribution < 1.29 is 0 Å². The molecule has 0 spiro atoms. The van der Waals surface area contributed by atoms with Gasteiger partial charge in [0, 0.05) is 38.1 Å². The third-order valence-electron chi connectivity index (χ3n) is 4.11. The van der Waals surface area contributed by atoms with Crippen LogP contribution in [-0.4, -0.2) is 48.6 Å². The van der Waals surface area contributed by atoms with Gasteiger partial charge in [-0.25, -0.2) is 4.98 Å². The van der Waals surface area contributed by atoms with Crippen molar-refractivity contribution in [1.29, 1.82) is 0 Å². The van der Waals surface area contributed by atoms with Crippen LogP contribution in [0, 0.1) is 5.92 Å². The largest absolute Gasteiger partial charge is 0.354 e. The molecule has 0 bridgehead atoms. The minimum atomic E-state index is 0.